The van der Waals surface area contributed by atoms with Crippen molar-refractivity contribution in [2.75, 3.05) is 0 Å². The lowest BCUT2D eigenvalue weighted by molar-refractivity contribution is -0.203. The van der Waals surface area contributed by atoms with E-state index in [0.717, 1.165) is 71.5 Å². The van der Waals surface area contributed by atoms with Crippen molar-refractivity contribution in [3.05, 3.63) is 68.3 Å². The maximum atomic E-state index is 11.7. The van der Waals surface area contributed by atoms with E-state index < -0.39 is 6.10 Å². The highest BCUT2D eigenvalue weighted by atomic mass is 35.5. The molecule has 9 rings (SSSR count). The van der Waals surface area contributed by atoms with E-state index in [2.05, 4.69) is 11.2 Å². The number of rotatable bonds is 7. The predicted molar refractivity (Wildman–Crippen MR) is 158 cm³/mol. The highest BCUT2D eigenvalue weighted by Crippen LogP contribution is 2.62. The van der Waals surface area contributed by atoms with Crippen LogP contribution in [0.5, 0.6) is 0 Å². The van der Waals surface area contributed by atoms with E-state index in [1.165, 1.54) is 11.3 Å². The zero-order valence-electron chi connectivity index (χ0n) is 22.4. The Labute approximate surface area is 252 Å². The van der Waals surface area contributed by atoms with Crippen LogP contribution in [-0.2, 0) is 11.3 Å². The molecule has 5 saturated carbocycles. The molecule has 0 amide bonds. The Morgan fingerprint density at radius 2 is 1.88 bits per heavy atom. The molecule has 2 aromatic heterocycles. The monoisotopic (exact) mass is 605 g/mol. The van der Waals surface area contributed by atoms with Gasteiger partial charge in [0.15, 0.2) is 0 Å². The molecule has 0 saturated heterocycles. The molecule has 4 bridgehead atoms. The van der Waals surface area contributed by atoms with Gasteiger partial charge in [0.05, 0.1) is 44.1 Å². The van der Waals surface area contributed by atoms with Crippen LogP contribution in [0.25, 0.3) is 21.5 Å². The van der Waals surface area contributed by atoms with Gasteiger partial charge in [-0.05, 0) is 98.9 Å². The van der Waals surface area contributed by atoms with E-state index in [9.17, 15) is 10.4 Å². The van der Waals surface area contributed by atoms with E-state index in [0.29, 0.717) is 57.1 Å². The number of aliphatic hydroxyl groups excluding tert-OH is 1. The molecule has 0 aliphatic heterocycles. The SMILES string of the molecule is N#Cc1ccc2nc(C(O)[C@H]3C4CC5C[C@H]3C[C@](OCc3c(-c6c(Cl)cccc6Cl)noc3C3CC3)(C5)C4)sc2c1. The van der Waals surface area contributed by atoms with Crippen molar-refractivity contribution >= 4 is 44.8 Å². The van der Waals surface area contributed by atoms with Crippen LogP contribution in [0.2, 0.25) is 10.0 Å². The average molecular weight is 607 g/mol. The molecule has 4 aromatic rings. The highest BCUT2D eigenvalue weighted by molar-refractivity contribution is 7.18. The van der Waals surface area contributed by atoms with Crippen LogP contribution < -0.4 is 0 Å². The Kier molecular flexibility index (Phi) is 6.25. The fourth-order valence-electron chi connectivity index (χ4n) is 8.26. The molecule has 5 aliphatic carbocycles. The maximum Gasteiger partial charge on any atom is 0.145 e. The van der Waals surface area contributed by atoms with E-state index in [1.54, 1.807) is 6.07 Å². The molecule has 0 spiro atoms. The van der Waals surface area contributed by atoms with Gasteiger partial charge in [0.25, 0.3) is 0 Å². The zero-order chi connectivity index (χ0) is 27.9. The molecular weight excluding hydrogens is 577 g/mol. The fraction of sp³-hybridized carbons (Fsp3) is 0.469. The molecule has 6 atom stereocenters. The summed E-state index contributed by atoms with van der Waals surface area (Å²) in [7, 11) is 0. The van der Waals surface area contributed by atoms with Crippen LogP contribution in [0.1, 0.15) is 78.9 Å². The lowest BCUT2D eigenvalue weighted by Gasteiger charge is -2.60. The third-order valence-corrected chi connectivity index (χ3v) is 11.6. The van der Waals surface area contributed by atoms with Gasteiger partial charge in [0.2, 0.25) is 0 Å². The van der Waals surface area contributed by atoms with E-state index >= 15 is 0 Å². The molecule has 2 heterocycles. The summed E-state index contributed by atoms with van der Waals surface area (Å²) in [6, 6.07) is 13.2. The first-order chi connectivity index (χ1) is 19.9. The Morgan fingerprint density at radius 3 is 2.59 bits per heavy atom. The van der Waals surface area contributed by atoms with Gasteiger partial charge < -0.3 is 14.4 Å². The Morgan fingerprint density at radius 1 is 1.12 bits per heavy atom. The van der Waals surface area contributed by atoms with Crippen molar-refractivity contribution < 1.29 is 14.4 Å². The van der Waals surface area contributed by atoms with Crippen molar-refractivity contribution in [3.63, 3.8) is 0 Å². The number of ether oxygens (including phenoxy) is 1. The molecule has 9 heteroatoms. The van der Waals surface area contributed by atoms with E-state index in [1.807, 2.05) is 30.3 Å². The average Bonchev–Trinajstić information content (AvgIpc) is 3.57. The number of fused-ring (bicyclic) bond motifs is 1. The molecule has 1 N–H and O–H groups in total. The summed E-state index contributed by atoms with van der Waals surface area (Å²) in [6.45, 7) is 0.421. The van der Waals surface area contributed by atoms with Gasteiger partial charge in [-0.1, -0.05) is 34.4 Å². The summed E-state index contributed by atoms with van der Waals surface area (Å²) >= 11 is 14.7. The standard InChI is InChI=1S/C32H29Cl2N3O3S/c33-22-2-1-3-23(34)27(22)28-21(30(40-37-28)18-5-6-18)15-39-32-11-17-8-19(12-32)26(20(9-17)13-32)29(38)31-36-24-7-4-16(14-35)10-25(24)41-31/h1-4,7,10,17-20,26,29,38H,5-6,8-9,11-13,15H2/t17?,19-,20?,26+,29?,32+/m0/s1. The smallest absolute Gasteiger partial charge is 0.145 e. The largest absolute Gasteiger partial charge is 0.386 e. The van der Waals surface area contributed by atoms with Crippen molar-refractivity contribution in [1.29, 1.82) is 5.26 Å². The number of nitrogens with zero attached hydrogens (tertiary/aromatic N) is 3. The second-order valence-electron chi connectivity index (χ2n) is 12.6. The van der Waals surface area contributed by atoms with Crippen molar-refractivity contribution in [2.24, 2.45) is 23.7 Å². The molecule has 0 radical (unpaired) electrons. The molecule has 5 fully saturated rings. The minimum atomic E-state index is -0.599. The summed E-state index contributed by atoms with van der Waals surface area (Å²) < 4.78 is 13.8. The van der Waals surface area contributed by atoms with Gasteiger partial charge in [-0.15, -0.1) is 11.3 Å². The topological polar surface area (TPSA) is 92.2 Å². The number of benzene rings is 2. The first-order valence-corrected chi connectivity index (χ1v) is 16.0. The highest BCUT2D eigenvalue weighted by Gasteiger charge is 2.58. The first kappa shape index (κ1) is 26.2. The normalized spacial score (nSPS) is 29.2. The van der Waals surface area contributed by atoms with Crippen molar-refractivity contribution in [3.8, 4) is 17.3 Å². The van der Waals surface area contributed by atoms with E-state index in [4.69, 9.17) is 37.4 Å². The minimum absolute atomic E-state index is 0.175. The minimum Gasteiger partial charge on any atom is -0.386 e. The Hall–Kier alpha value is -2.47. The van der Waals surface area contributed by atoms with Gasteiger partial charge >= 0.3 is 0 Å². The van der Waals surface area contributed by atoms with Gasteiger partial charge in [-0.3, -0.25) is 0 Å². The molecule has 3 unspecified atom stereocenters. The summed E-state index contributed by atoms with van der Waals surface area (Å²) in [5.74, 6) is 2.86. The number of hydrogen-bond donors (Lipinski definition) is 1. The summed E-state index contributed by atoms with van der Waals surface area (Å²) in [4.78, 5) is 4.78. The number of aromatic nitrogens is 2. The number of nitriles is 1. The van der Waals surface area contributed by atoms with Crippen molar-refractivity contribution in [2.45, 2.75) is 69.2 Å². The molecular formula is C32H29Cl2N3O3S. The summed E-state index contributed by atoms with van der Waals surface area (Å²) in [5, 5.41) is 27.3. The van der Waals surface area contributed by atoms with Crippen LogP contribution in [-0.4, -0.2) is 20.8 Å². The Bertz CT molecular complexity index is 1670. The van der Waals surface area contributed by atoms with Gasteiger partial charge in [0.1, 0.15) is 22.6 Å². The van der Waals surface area contributed by atoms with Gasteiger partial charge in [-0.25, -0.2) is 4.98 Å². The lowest BCUT2D eigenvalue weighted by atomic mass is 9.49. The predicted octanol–water partition coefficient (Wildman–Crippen LogP) is 8.45. The van der Waals surface area contributed by atoms with Crippen LogP contribution in [0.3, 0.4) is 0 Å². The first-order valence-electron chi connectivity index (χ1n) is 14.5. The summed E-state index contributed by atoms with van der Waals surface area (Å²) in [6.07, 6.45) is 6.80. The van der Waals surface area contributed by atoms with Crippen LogP contribution >= 0.6 is 34.5 Å². The molecule has 41 heavy (non-hydrogen) atoms. The van der Waals surface area contributed by atoms with Crippen LogP contribution in [0, 0.1) is 35.0 Å². The lowest BCUT2D eigenvalue weighted by Crippen LogP contribution is -2.56. The number of thiazole rings is 1. The van der Waals surface area contributed by atoms with Crippen LogP contribution in [0.4, 0.5) is 0 Å². The van der Waals surface area contributed by atoms with Crippen LogP contribution in [0.15, 0.2) is 40.9 Å². The number of aliphatic hydroxyl groups is 1. The summed E-state index contributed by atoms with van der Waals surface area (Å²) in [5.41, 5.74) is 3.63. The number of hydrogen-bond acceptors (Lipinski definition) is 7. The van der Waals surface area contributed by atoms with Gasteiger partial charge in [-0.2, -0.15) is 5.26 Å². The second kappa shape index (κ2) is 9.79. The van der Waals surface area contributed by atoms with Gasteiger partial charge in [0, 0.05) is 17.0 Å². The third kappa shape index (κ3) is 4.42. The number of halogens is 2. The third-order valence-electron chi connectivity index (χ3n) is 9.93. The molecule has 5 aliphatic rings. The molecule has 210 valence electrons. The second-order valence-corrected chi connectivity index (χ2v) is 14.4. The fourth-order valence-corrected chi connectivity index (χ4v) is 9.89. The quantitative estimate of drug-likeness (QED) is 0.227. The zero-order valence-corrected chi connectivity index (χ0v) is 24.7. The Balaban J connectivity index is 1.05. The maximum absolute atomic E-state index is 11.7. The van der Waals surface area contributed by atoms with E-state index in [-0.39, 0.29) is 11.5 Å². The molecule has 6 nitrogen and oxygen atoms in total. The molecule has 2 aromatic carbocycles. The van der Waals surface area contributed by atoms with Crippen molar-refractivity contribution in [1.82, 2.24) is 10.1 Å².